The Balaban J connectivity index is 1.59. The van der Waals surface area contributed by atoms with Gasteiger partial charge in [0.2, 0.25) is 0 Å². The third kappa shape index (κ3) is 5.48. The molecule has 0 aromatic heterocycles. The molecule has 6 atom stereocenters. The second-order valence-electron chi connectivity index (χ2n) is 7.51. The topological polar surface area (TPSA) is 63.2 Å². The van der Waals surface area contributed by atoms with E-state index < -0.39 is 24.6 Å². The van der Waals surface area contributed by atoms with E-state index in [9.17, 15) is 4.79 Å². The molecule has 2 aromatic carbocycles. The zero-order valence-corrected chi connectivity index (χ0v) is 18.5. The molecule has 2 aromatic rings. The van der Waals surface area contributed by atoms with Crippen molar-refractivity contribution < 1.29 is 28.5 Å². The van der Waals surface area contributed by atoms with Crippen molar-refractivity contribution in [3.05, 3.63) is 71.8 Å². The largest absolute Gasteiger partial charge is 0.456 e. The minimum atomic E-state index is -0.582. The SMILES string of the molecule is CCS[C@H]1O[C@@H]2COC(c3ccccc3)O[C@H]2[C@H](OCc2ccccc2)[C@@H]1OC(C)=O. The second-order valence-corrected chi connectivity index (χ2v) is 8.89. The van der Waals surface area contributed by atoms with Crippen LogP contribution < -0.4 is 0 Å². The van der Waals surface area contributed by atoms with Gasteiger partial charge in [0.1, 0.15) is 23.7 Å². The molecule has 2 fully saturated rings. The quantitative estimate of drug-likeness (QED) is 0.596. The van der Waals surface area contributed by atoms with Crippen LogP contribution in [0.3, 0.4) is 0 Å². The number of rotatable bonds is 7. The number of fused-ring (bicyclic) bond motifs is 1. The van der Waals surface area contributed by atoms with E-state index in [0.29, 0.717) is 13.2 Å². The summed E-state index contributed by atoms with van der Waals surface area (Å²) in [5.41, 5.74) is 1.62. The average Bonchev–Trinajstić information content (AvgIpc) is 2.79. The standard InChI is InChI=1S/C24H28O6S/c1-3-31-24-22(28-16(2)25)21(26-14-17-10-6-4-7-11-17)20-19(29-24)15-27-23(30-20)18-12-8-5-9-13-18/h4-13,19-24H,3,14-15H2,1-2H3/t19-,20-,21+,22+,23?,24-/m1/s1. The van der Waals surface area contributed by atoms with Gasteiger partial charge in [-0.15, -0.1) is 11.8 Å². The Labute approximate surface area is 187 Å². The Kier molecular flexibility index (Phi) is 7.63. The zero-order valence-electron chi connectivity index (χ0n) is 17.7. The zero-order chi connectivity index (χ0) is 21.6. The first-order chi connectivity index (χ1) is 15.2. The number of benzene rings is 2. The van der Waals surface area contributed by atoms with Crippen molar-refractivity contribution in [2.75, 3.05) is 12.4 Å². The molecule has 31 heavy (non-hydrogen) atoms. The fraction of sp³-hybridized carbons (Fsp3) is 0.458. The molecule has 0 radical (unpaired) electrons. The van der Waals surface area contributed by atoms with Crippen molar-refractivity contribution >= 4 is 17.7 Å². The van der Waals surface area contributed by atoms with Crippen molar-refractivity contribution in [3.63, 3.8) is 0 Å². The number of thioether (sulfide) groups is 1. The number of hydrogen-bond acceptors (Lipinski definition) is 7. The van der Waals surface area contributed by atoms with Gasteiger partial charge in [0, 0.05) is 12.5 Å². The highest BCUT2D eigenvalue weighted by Crippen LogP contribution is 2.39. The van der Waals surface area contributed by atoms with E-state index in [0.717, 1.165) is 16.9 Å². The summed E-state index contributed by atoms with van der Waals surface area (Å²) in [6, 6.07) is 19.7. The molecule has 166 valence electrons. The van der Waals surface area contributed by atoms with E-state index in [1.54, 1.807) is 11.8 Å². The normalized spacial score (nSPS) is 30.4. The van der Waals surface area contributed by atoms with Crippen molar-refractivity contribution in [3.8, 4) is 0 Å². The van der Waals surface area contributed by atoms with Gasteiger partial charge in [0.25, 0.3) is 0 Å². The Morgan fingerprint density at radius 3 is 2.42 bits per heavy atom. The summed E-state index contributed by atoms with van der Waals surface area (Å²) in [5, 5.41) is 0. The van der Waals surface area contributed by atoms with E-state index in [2.05, 4.69) is 0 Å². The molecule has 0 amide bonds. The minimum absolute atomic E-state index is 0.309. The monoisotopic (exact) mass is 444 g/mol. The van der Waals surface area contributed by atoms with Gasteiger partial charge >= 0.3 is 5.97 Å². The number of carbonyl (C=O) groups is 1. The van der Waals surface area contributed by atoms with Gasteiger partial charge in [-0.05, 0) is 11.3 Å². The number of carbonyl (C=O) groups excluding carboxylic acids is 1. The van der Waals surface area contributed by atoms with Crippen LogP contribution in [0.2, 0.25) is 0 Å². The van der Waals surface area contributed by atoms with Crippen LogP contribution in [0, 0.1) is 0 Å². The molecule has 2 aliphatic heterocycles. The summed E-state index contributed by atoms with van der Waals surface area (Å²) in [6.07, 6.45) is -2.33. The van der Waals surface area contributed by atoms with Crippen molar-refractivity contribution in [2.45, 2.75) is 56.6 Å². The first-order valence-electron chi connectivity index (χ1n) is 10.6. The Bertz CT molecular complexity index is 832. The van der Waals surface area contributed by atoms with Crippen LogP contribution >= 0.6 is 11.8 Å². The molecule has 0 spiro atoms. The molecule has 4 rings (SSSR count). The van der Waals surface area contributed by atoms with Gasteiger partial charge in [0.15, 0.2) is 12.4 Å². The van der Waals surface area contributed by atoms with Gasteiger partial charge in [-0.2, -0.15) is 0 Å². The summed E-state index contributed by atoms with van der Waals surface area (Å²) in [6.45, 7) is 4.22. The molecular weight excluding hydrogens is 416 g/mol. The van der Waals surface area contributed by atoms with E-state index in [1.165, 1.54) is 6.92 Å². The molecule has 0 aliphatic carbocycles. The highest BCUT2D eigenvalue weighted by atomic mass is 32.2. The van der Waals surface area contributed by atoms with Crippen LogP contribution in [0.25, 0.3) is 0 Å². The lowest BCUT2D eigenvalue weighted by molar-refractivity contribution is -0.326. The number of hydrogen-bond donors (Lipinski definition) is 0. The first kappa shape index (κ1) is 22.3. The lowest BCUT2D eigenvalue weighted by Gasteiger charge is -2.48. The molecule has 0 N–H and O–H groups in total. The Hall–Kier alpha value is -1.90. The minimum Gasteiger partial charge on any atom is -0.456 e. The molecule has 6 nitrogen and oxygen atoms in total. The van der Waals surface area contributed by atoms with Crippen molar-refractivity contribution in [1.82, 2.24) is 0 Å². The number of ether oxygens (including phenoxy) is 5. The Morgan fingerprint density at radius 2 is 1.74 bits per heavy atom. The van der Waals surface area contributed by atoms with Crippen LogP contribution in [0.5, 0.6) is 0 Å². The third-order valence-corrected chi connectivity index (χ3v) is 6.32. The van der Waals surface area contributed by atoms with Crippen molar-refractivity contribution in [1.29, 1.82) is 0 Å². The van der Waals surface area contributed by atoms with Gasteiger partial charge in [-0.25, -0.2) is 0 Å². The lowest BCUT2D eigenvalue weighted by atomic mass is 9.98. The maximum absolute atomic E-state index is 11.9. The van der Waals surface area contributed by atoms with E-state index in [4.69, 9.17) is 23.7 Å². The predicted octanol–water partition coefficient (Wildman–Crippen LogP) is 4.10. The average molecular weight is 445 g/mol. The molecule has 0 saturated carbocycles. The summed E-state index contributed by atoms with van der Waals surface area (Å²) in [4.78, 5) is 11.9. The molecule has 0 bridgehead atoms. The molecule has 2 aliphatic rings. The van der Waals surface area contributed by atoms with Crippen molar-refractivity contribution in [2.24, 2.45) is 0 Å². The smallest absolute Gasteiger partial charge is 0.303 e. The maximum atomic E-state index is 11.9. The van der Waals surface area contributed by atoms with Crippen LogP contribution in [-0.2, 0) is 35.1 Å². The highest BCUT2D eigenvalue weighted by molar-refractivity contribution is 7.99. The lowest BCUT2D eigenvalue weighted by Crippen LogP contribution is -2.62. The summed E-state index contributed by atoms with van der Waals surface area (Å²) < 4.78 is 30.7. The van der Waals surface area contributed by atoms with Gasteiger partial charge in [0.05, 0.1) is 13.2 Å². The van der Waals surface area contributed by atoms with Crippen LogP contribution in [0.15, 0.2) is 60.7 Å². The summed E-state index contributed by atoms with van der Waals surface area (Å²) >= 11 is 1.59. The second kappa shape index (κ2) is 10.6. The number of esters is 1. The predicted molar refractivity (Wildman–Crippen MR) is 117 cm³/mol. The van der Waals surface area contributed by atoms with Crippen LogP contribution in [-0.4, -0.2) is 48.2 Å². The van der Waals surface area contributed by atoms with E-state index in [1.807, 2.05) is 67.6 Å². The Morgan fingerprint density at radius 1 is 1.03 bits per heavy atom. The van der Waals surface area contributed by atoms with E-state index >= 15 is 0 Å². The maximum Gasteiger partial charge on any atom is 0.303 e. The van der Waals surface area contributed by atoms with Gasteiger partial charge in [-0.1, -0.05) is 67.6 Å². The fourth-order valence-corrected chi connectivity index (χ4v) is 4.85. The molecular formula is C24H28O6S. The van der Waals surface area contributed by atoms with Gasteiger partial charge in [-0.3, -0.25) is 4.79 Å². The molecule has 1 unspecified atom stereocenters. The first-order valence-corrected chi connectivity index (χ1v) is 11.6. The van der Waals surface area contributed by atoms with E-state index in [-0.39, 0.29) is 17.5 Å². The van der Waals surface area contributed by atoms with Crippen LogP contribution in [0.4, 0.5) is 0 Å². The summed E-state index contributed by atoms with van der Waals surface area (Å²) in [7, 11) is 0. The highest BCUT2D eigenvalue weighted by Gasteiger charge is 2.52. The van der Waals surface area contributed by atoms with Gasteiger partial charge < -0.3 is 23.7 Å². The fourth-order valence-electron chi connectivity index (χ4n) is 3.90. The molecule has 2 saturated heterocycles. The molecule has 7 heteroatoms. The third-order valence-electron chi connectivity index (χ3n) is 5.27. The summed E-state index contributed by atoms with van der Waals surface area (Å²) in [5.74, 6) is 0.452. The van der Waals surface area contributed by atoms with Crippen LogP contribution in [0.1, 0.15) is 31.3 Å². The molecule has 2 heterocycles.